The van der Waals surface area contributed by atoms with E-state index in [0.29, 0.717) is 5.13 Å². The molecule has 0 saturated carbocycles. The molecular weight excluding hydrogens is 206 g/mol. The molecule has 1 aromatic heterocycles. The van der Waals surface area contributed by atoms with Crippen molar-refractivity contribution >= 4 is 16.5 Å². The highest BCUT2D eigenvalue weighted by atomic mass is 32.1. The molecule has 0 amide bonds. The molecule has 15 heavy (non-hydrogen) atoms. The molecule has 2 rings (SSSR count). The van der Waals surface area contributed by atoms with Crippen LogP contribution >= 0.6 is 11.3 Å². The Bertz CT molecular complexity index is 290. The number of hydrogen-bond donors (Lipinski definition) is 1. The SMILES string of the molecule is Nc1nc(CCN2CCCCCC2)cs1. The number of anilines is 1. The molecule has 1 fully saturated rings. The standard InChI is InChI=1S/C11H19N3S/c12-11-13-10(9-15-11)5-8-14-6-3-1-2-4-7-14/h9H,1-8H2,(H2,12,13). The van der Waals surface area contributed by atoms with Crippen LogP contribution in [0.2, 0.25) is 0 Å². The van der Waals surface area contributed by atoms with Crippen LogP contribution < -0.4 is 5.73 Å². The molecule has 3 nitrogen and oxygen atoms in total. The number of rotatable bonds is 3. The number of nitrogen functional groups attached to an aromatic ring is 1. The predicted molar refractivity (Wildman–Crippen MR) is 65.1 cm³/mol. The van der Waals surface area contributed by atoms with Crippen molar-refractivity contribution in [3.8, 4) is 0 Å². The van der Waals surface area contributed by atoms with Gasteiger partial charge in [0.25, 0.3) is 0 Å². The molecular formula is C11H19N3S. The van der Waals surface area contributed by atoms with Gasteiger partial charge in [-0.05, 0) is 25.9 Å². The van der Waals surface area contributed by atoms with Crippen molar-refractivity contribution in [3.05, 3.63) is 11.1 Å². The summed E-state index contributed by atoms with van der Waals surface area (Å²) in [6.45, 7) is 3.67. The third-order valence-corrected chi connectivity index (χ3v) is 3.68. The molecule has 0 aromatic carbocycles. The first kappa shape index (κ1) is 10.9. The first-order chi connectivity index (χ1) is 7.34. The third-order valence-electron chi connectivity index (χ3n) is 2.95. The van der Waals surface area contributed by atoms with Crippen LogP contribution in [-0.2, 0) is 6.42 Å². The van der Waals surface area contributed by atoms with Gasteiger partial charge in [-0.25, -0.2) is 4.98 Å². The number of hydrogen-bond acceptors (Lipinski definition) is 4. The molecule has 0 radical (unpaired) electrons. The molecule has 1 aliphatic rings. The van der Waals surface area contributed by atoms with E-state index in [1.165, 1.54) is 38.8 Å². The van der Waals surface area contributed by atoms with Crippen LogP contribution in [0.5, 0.6) is 0 Å². The summed E-state index contributed by atoms with van der Waals surface area (Å²) in [7, 11) is 0. The van der Waals surface area contributed by atoms with E-state index >= 15 is 0 Å². The molecule has 0 bridgehead atoms. The van der Waals surface area contributed by atoms with E-state index in [0.717, 1.165) is 18.7 Å². The van der Waals surface area contributed by atoms with E-state index in [1.807, 2.05) is 0 Å². The zero-order valence-corrected chi connectivity index (χ0v) is 9.93. The second-order valence-corrected chi connectivity index (χ2v) is 5.07. The zero-order valence-electron chi connectivity index (χ0n) is 9.11. The summed E-state index contributed by atoms with van der Waals surface area (Å²) in [4.78, 5) is 6.85. The summed E-state index contributed by atoms with van der Waals surface area (Å²) in [6, 6.07) is 0. The van der Waals surface area contributed by atoms with Crippen molar-refractivity contribution < 1.29 is 0 Å². The fourth-order valence-electron chi connectivity index (χ4n) is 2.07. The van der Waals surface area contributed by atoms with Gasteiger partial charge in [0.05, 0.1) is 5.69 Å². The summed E-state index contributed by atoms with van der Waals surface area (Å²) in [5, 5.41) is 2.77. The molecule has 0 aliphatic carbocycles. The topological polar surface area (TPSA) is 42.1 Å². The molecule has 1 aromatic rings. The fraction of sp³-hybridized carbons (Fsp3) is 0.727. The molecule has 2 N–H and O–H groups in total. The van der Waals surface area contributed by atoms with Gasteiger partial charge in [-0.15, -0.1) is 11.3 Å². The maximum atomic E-state index is 5.61. The first-order valence-electron chi connectivity index (χ1n) is 5.77. The Kier molecular flexibility index (Phi) is 3.97. The Balaban J connectivity index is 1.76. The Morgan fingerprint density at radius 1 is 1.27 bits per heavy atom. The molecule has 0 spiro atoms. The van der Waals surface area contributed by atoms with Gasteiger partial charge >= 0.3 is 0 Å². The van der Waals surface area contributed by atoms with Gasteiger partial charge in [0.15, 0.2) is 5.13 Å². The van der Waals surface area contributed by atoms with E-state index in [4.69, 9.17) is 5.73 Å². The molecule has 2 heterocycles. The smallest absolute Gasteiger partial charge is 0.180 e. The van der Waals surface area contributed by atoms with Crippen molar-refractivity contribution in [1.82, 2.24) is 9.88 Å². The van der Waals surface area contributed by atoms with Gasteiger partial charge in [-0.2, -0.15) is 0 Å². The van der Waals surface area contributed by atoms with E-state index < -0.39 is 0 Å². The lowest BCUT2D eigenvalue weighted by molar-refractivity contribution is 0.288. The van der Waals surface area contributed by atoms with Crippen molar-refractivity contribution in [2.24, 2.45) is 0 Å². The van der Waals surface area contributed by atoms with Crippen LogP contribution in [0, 0.1) is 0 Å². The Morgan fingerprint density at radius 2 is 2.00 bits per heavy atom. The largest absolute Gasteiger partial charge is 0.375 e. The Labute approximate surface area is 95.3 Å². The number of nitrogens with zero attached hydrogens (tertiary/aromatic N) is 2. The molecule has 4 heteroatoms. The highest BCUT2D eigenvalue weighted by Crippen LogP contribution is 2.13. The second kappa shape index (κ2) is 5.47. The number of aromatic nitrogens is 1. The monoisotopic (exact) mass is 225 g/mol. The Morgan fingerprint density at radius 3 is 2.60 bits per heavy atom. The van der Waals surface area contributed by atoms with E-state index in [-0.39, 0.29) is 0 Å². The average Bonchev–Trinajstić information content (AvgIpc) is 2.52. The molecule has 1 saturated heterocycles. The summed E-state index contributed by atoms with van der Waals surface area (Å²) in [5.74, 6) is 0. The highest BCUT2D eigenvalue weighted by Gasteiger charge is 2.09. The van der Waals surface area contributed by atoms with E-state index in [1.54, 1.807) is 11.3 Å². The Hall–Kier alpha value is -0.610. The lowest BCUT2D eigenvalue weighted by Crippen LogP contribution is -2.27. The average molecular weight is 225 g/mol. The summed E-state index contributed by atoms with van der Waals surface area (Å²) in [6.07, 6.45) is 6.58. The summed E-state index contributed by atoms with van der Waals surface area (Å²) >= 11 is 1.54. The van der Waals surface area contributed by atoms with Gasteiger partial charge in [0.2, 0.25) is 0 Å². The van der Waals surface area contributed by atoms with Gasteiger partial charge in [-0.3, -0.25) is 0 Å². The lowest BCUT2D eigenvalue weighted by Gasteiger charge is -2.18. The highest BCUT2D eigenvalue weighted by molar-refractivity contribution is 7.13. The van der Waals surface area contributed by atoms with Crippen LogP contribution in [0.4, 0.5) is 5.13 Å². The molecule has 1 aliphatic heterocycles. The van der Waals surface area contributed by atoms with Gasteiger partial charge in [-0.1, -0.05) is 12.8 Å². The zero-order chi connectivity index (χ0) is 10.5. The second-order valence-electron chi connectivity index (χ2n) is 4.18. The van der Waals surface area contributed by atoms with Crippen LogP contribution in [0.1, 0.15) is 31.4 Å². The van der Waals surface area contributed by atoms with Gasteiger partial charge < -0.3 is 10.6 Å². The molecule has 84 valence electrons. The lowest BCUT2D eigenvalue weighted by atomic mass is 10.2. The first-order valence-corrected chi connectivity index (χ1v) is 6.65. The third kappa shape index (κ3) is 3.47. The maximum Gasteiger partial charge on any atom is 0.180 e. The minimum absolute atomic E-state index is 0.695. The van der Waals surface area contributed by atoms with Crippen molar-refractivity contribution in [1.29, 1.82) is 0 Å². The number of thiazole rings is 1. The van der Waals surface area contributed by atoms with Crippen molar-refractivity contribution in [3.63, 3.8) is 0 Å². The van der Waals surface area contributed by atoms with Crippen LogP contribution in [0.25, 0.3) is 0 Å². The van der Waals surface area contributed by atoms with Crippen molar-refractivity contribution in [2.75, 3.05) is 25.4 Å². The number of likely N-dealkylation sites (tertiary alicyclic amines) is 1. The normalized spacial score (nSPS) is 18.9. The predicted octanol–water partition coefficient (Wildman–Crippen LogP) is 2.14. The summed E-state index contributed by atoms with van der Waals surface area (Å²) in [5.41, 5.74) is 6.76. The maximum absolute atomic E-state index is 5.61. The van der Waals surface area contributed by atoms with Crippen LogP contribution in [-0.4, -0.2) is 29.5 Å². The van der Waals surface area contributed by atoms with Crippen LogP contribution in [0.15, 0.2) is 5.38 Å². The van der Waals surface area contributed by atoms with Gasteiger partial charge in [0.1, 0.15) is 0 Å². The minimum atomic E-state index is 0.695. The van der Waals surface area contributed by atoms with Crippen LogP contribution in [0.3, 0.4) is 0 Å². The number of nitrogens with two attached hydrogens (primary N) is 1. The molecule has 0 unspecified atom stereocenters. The van der Waals surface area contributed by atoms with Gasteiger partial charge in [0, 0.05) is 18.3 Å². The van der Waals surface area contributed by atoms with Crippen molar-refractivity contribution in [2.45, 2.75) is 32.1 Å². The summed E-state index contributed by atoms with van der Waals surface area (Å²) < 4.78 is 0. The van der Waals surface area contributed by atoms with E-state index in [9.17, 15) is 0 Å². The fourth-order valence-corrected chi connectivity index (χ4v) is 2.67. The minimum Gasteiger partial charge on any atom is -0.375 e. The van der Waals surface area contributed by atoms with E-state index in [2.05, 4.69) is 15.3 Å². The molecule has 0 atom stereocenters. The quantitative estimate of drug-likeness (QED) is 0.857.